The van der Waals surface area contributed by atoms with Crippen molar-refractivity contribution in [3.63, 3.8) is 0 Å². The molecule has 23 heavy (non-hydrogen) atoms. The van der Waals surface area contributed by atoms with Gasteiger partial charge in [-0.3, -0.25) is 9.69 Å². The lowest BCUT2D eigenvalue weighted by Gasteiger charge is -2.22. The summed E-state index contributed by atoms with van der Waals surface area (Å²) in [5.41, 5.74) is 4.83. The maximum Gasteiger partial charge on any atom is 0.259 e. The highest BCUT2D eigenvalue weighted by atomic mass is 79.9. The maximum atomic E-state index is 12.9. The SMILES string of the molecule is C[Si](C)(C)C#CCN(C(=O)c1ccccc1)c1ccccc1Br. The molecule has 0 saturated heterocycles. The Bertz CT molecular complexity index is 741. The molecule has 0 unspecified atom stereocenters. The fraction of sp³-hybridized carbons (Fsp3) is 0.211. The van der Waals surface area contributed by atoms with Gasteiger partial charge in [0.1, 0.15) is 8.07 Å². The number of carbonyl (C=O) groups excluding carboxylic acids is 1. The van der Waals surface area contributed by atoms with Crippen molar-refractivity contribution >= 4 is 35.6 Å². The van der Waals surface area contributed by atoms with E-state index >= 15 is 0 Å². The Morgan fingerprint density at radius 3 is 2.26 bits per heavy atom. The number of benzene rings is 2. The highest BCUT2D eigenvalue weighted by Gasteiger charge is 2.18. The molecule has 0 aliphatic rings. The van der Waals surface area contributed by atoms with Crippen molar-refractivity contribution in [3.05, 3.63) is 64.6 Å². The first-order valence-corrected chi connectivity index (χ1v) is 11.8. The van der Waals surface area contributed by atoms with Crippen LogP contribution in [0.1, 0.15) is 10.4 Å². The quantitative estimate of drug-likeness (QED) is 0.538. The van der Waals surface area contributed by atoms with Crippen molar-refractivity contribution in [1.29, 1.82) is 0 Å². The molecule has 0 fully saturated rings. The number of hydrogen-bond donors (Lipinski definition) is 0. The van der Waals surface area contributed by atoms with E-state index in [0.717, 1.165) is 10.2 Å². The van der Waals surface area contributed by atoms with Crippen molar-refractivity contribution in [2.24, 2.45) is 0 Å². The van der Waals surface area contributed by atoms with Gasteiger partial charge in [-0.25, -0.2) is 0 Å². The summed E-state index contributed by atoms with van der Waals surface area (Å²) in [5, 5.41) is 0. The third-order valence-corrected chi connectivity index (χ3v) is 4.71. The van der Waals surface area contributed by atoms with Gasteiger partial charge in [-0.15, -0.1) is 5.54 Å². The van der Waals surface area contributed by atoms with E-state index in [4.69, 9.17) is 0 Å². The van der Waals surface area contributed by atoms with Gasteiger partial charge in [0.15, 0.2) is 0 Å². The standard InChI is InChI=1S/C19H20BrNOSi/c1-23(2,3)15-9-14-21(18-13-8-7-12-17(18)20)19(22)16-10-5-4-6-11-16/h4-8,10-13H,14H2,1-3H3. The summed E-state index contributed by atoms with van der Waals surface area (Å²) < 4.78 is 0.888. The first kappa shape index (κ1) is 17.5. The van der Waals surface area contributed by atoms with E-state index in [1.165, 1.54) is 0 Å². The van der Waals surface area contributed by atoms with E-state index in [9.17, 15) is 4.79 Å². The van der Waals surface area contributed by atoms with Crippen LogP contribution in [0.25, 0.3) is 0 Å². The van der Waals surface area contributed by atoms with Gasteiger partial charge in [-0.05, 0) is 40.2 Å². The fourth-order valence-electron chi connectivity index (χ4n) is 2.06. The highest BCUT2D eigenvalue weighted by molar-refractivity contribution is 9.10. The zero-order valence-electron chi connectivity index (χ0n) is 13.6. The lowest BCUT2D eigenvalue weighted by molar-refractivity contribution is 0.0990. The van der Waals surface area contributed by atoms with Crippen LogP contribution >= 0.6 is 15.9 Å². The van der Waals surface area contributed by atoms with Crippen LogP contribution in [-0.2, 0) is 0 Å². The molecule has 2 rings (SSSR count). The van der Waals surface area contributed by atoms with Crippen molar-refractivity contribution < 1.29 is 4.79 Å². The van der Waals surface area contributed by atoms with E-state index in [-0.39, 0.29) is 5.91 Å². The molecule has 0 spiro atoms. The van der Waals surface area contributed by atoms with Crippen LogP contribution < -0.4 is 4.90 Å². The summed E-state index contributed by atoms with van der Waals surface area (Å²) in [6.45, 7) is 6.98. The van der Waals surface area contributed by atoms with E-state index < -0.39 is 8.07 Å². The van der Waals surface area contributed by atoms with Gasteiger partial charge in [-0.2, -0.15) is 0 Å². The van der Waals surface area contributed by atoms with Crippen molar-refractivity contribution in [3.8, 4) is 11.5 Å². The first-order valence-electron chi connectivity index (χ1n) is 7.50. The summed E-state index contributed by atoms with van der Waals surface area (Å²) in [5.74, 6) is 3.16. The number of anilines is 1. The molecule has 118 valence electrons. The minimum Gasteiger partial charge on any atom is -0.296 e. The van der Waals surface area contributed by atoms with Gasteiger partial charge in [0, 0.05) is 10.0 Å². The van der Waals surface area contributed by atoms with Crippen LogP contribution in [0.2, 0.25) is 19.6 Å². The largest absolute Gasteiger partial charge is 0.296 e. The van der Waals surface area contributed by atoms with Gasteiger partial charge in [-0.1, -0.05) is 55.9 Å². The molecule has 0 saturated carbocycles. The van der Waals surface area contributed by atoms with Gasteiger partial charge >= 0.3 is 0 Å². The Hall–Kier alpha value is -1.83. The summed E-state index contributed by atoms with van der Waals surface area (Å²) in [4.78, 5) is 14.6. The monoisotopic (exact) mass is 385 g/mol. The Kier molecular flexibility index (Phi) is 5.81. The molecule has 0 aliphatic heterocycles. The van der Waals surface area contributed by atoms with E-state index in [1.807, 2.05) is 54.6 Å². The molecule has 2 nitrogen and oxygen atoms in total. The number of para-hydroxylation sites is 1. The molecule has 2 aromatic rings. The lowest BCUT2D eigenvalue weighted by Crippen LogP contribution is -2.32. The van der Waals surface area contributed by atoms with Gasteiger partial charge in [0.05, 0.1) is 12.2 Å². The molecule has 1 amide bonds. The van der Waals surface area contributed by atoms with Crippen molar-refractivity contribution in [2.75, 3.05) is 11.4 Å². The number of amides is 1. The normalized spacial score (nSPS) is 10.6. The minimum atomic E-state index is -1.46. The third kappa shape index (κ3) is 5.09. The average Bonchev–Trinajstić information content (AvgIpc) is 2.52. The molecule has 0 atom stereocenters. The maximum absolute atomic E-state index is 12.9. The molecule has 0 bridgehead atoms. The first-order chi connectivity index (χ1) is 10.9. The summed E-state index contributed by atoms with van der Waals surface area (Å²) >= 11 is 3.54. The Labute approximate surface area is 147 Å². The predicted molar refractivity (Wildman–Crippen MR) is 103 cm³/mol. The molecule has 2 aromatic carbocycles. The summed E-state index contributed by atoms with van der Waals surface area (Å²) in [6.07, 6.45) is 0. The number of rotatable bonds is 3. The van der Waals surface area contributed by atoms with E-state index in [1.54, 1.807) is 4.90 Å². The fourth-order valence-corrected chi connectivity index (χ4v) is 3.17. The van der Waals surface area contributed by atoms with E-state index in [0.29, 0.717) is 12.1 Å². The Morgan fingerprint density at radius 1 is 1.04 bits per heavy atom. The molecule has 0 N–H and O–H groups in total. The van der Waals surface area contributed by atoms with Crippen molar-refractivity contribution in [2.45, 2.75) is 19.6 Å². The zero-order chi connectivity index (χ0) is 16.9. The number of nitrogens with zero attached hydrogens (tertiary/aromatic N) is 1. The van der Waals surface area contributed by atoms with Gasteiger partial charge in [0.25, 0.3) is 5.91 Å². The Balaban J connectivity index is 2.37. The van der Waals surface area contributed by atoms with Crippen LogP contribution in [0.5, 0.6) is 0 Å². The van der Waals surface area contributed by atoms with Gasteiger partial charge in [0.2, 0.25) is 0 Å². The predicted octanol–water partition coefficient (Wildman–Crippen LogP) is 4.98. The molecule has 0 aromatic heterocycles. The zero-order valence-corrected chi connectivity index (χ0v) is 16.2. The Morgan fingerprint density at radius 2 is 1.65 bits per heavy atom. The second-order valence-electron chi connectivity index (χ2n) is 6.26. The number of halogens is 1. The number of hydrogen-bond acceptors (Lipinski definition) is 1. The molecular formula is C19H20BrNOSi. The van der Waals surface area contributed by atoms with Crippen LogP contribution in [0.4, 0.5) is 5.69 Å². The van der Waals surface area contributed by atoms with Crippen LogP contribution in [-0.4, -0.2) is 20.5 Å². The topological polar surface area (TPSA) is 20.3 Å². The van der Waals surface area contributed by atoms with Crippen molar-refractivity contribution in [1.82, 2.24) is 0 Å². The second-order valence-corrected chi connectivity index (χ2v) is 11.9. The molecule has 0 radical (unpaired) electrons. The molecular weight excluding hydrogens is 366 g/mol. The smallest absolute Gasteiger partial charge is 0.259 e. The highest BCUT2D eigenvalue weighted by Crippen LogP contribution is 2.26. The van der Waals surface area contributed by atoms with Crippen LogP contribution in [0.15, 0.2) is 59.1 Å². The lowest BCUT2D eigenvalue weighted by atomic mass is 10.2. The molecule has 0 aliphatic carbocycles. The van der Waals surface area contributed by atoms with E-state index in [2.05, 4.69) is 47.0 Å². The van der Waals surface area contributed by atoms with Crippen LogP contribution in [0, 0.1) is 11.5 Å². The average molecular weight is 386 g/mol. The summed E-state index contributed by atoms with van der Waals surface area (Å²) in [7, 11) is -1.46. The second kappa shape index (κ2) is 7.63. The van der Waals surface area contributed by atoms with Crippen LogP contribution in [0.3, 0.4) is 0 Å². The van der Waals surface area contributed by atoms with Gasteiger partial charge < -0.3 is 0 Å². The number of carbonyl (C=O) groups is 1. The molecule has 0 heterocycles. The summed E-state index contributed by atoms with van der Waals surface area (Å²) in [6, 6.07) is 17.1. The molecule has 4 heteroatoms. The minimum absolute atomic E-state index is 0.0395. The third-order valence-electron chi connectivity index (χ3n) is 3.11.